The lowest BCUT2D eigenvalue weighted by Gasteiger charge is -2.18. The Labute approximate surface area is 144 Å². The summed E-state index contributed by atoms with van der Waals surface area (Å²) in [6.07, 6.45) is -4.78. The van der Waals surface area contributed by atoms with Gasteiger partial charge in [-0.05, 0) is 31.2 Å². The number of carbonyl (C=O) groups is 1. The number of halogens is 5. The van der Waals surface area contributed by atoms with E-state index in [0.717, 1.165) is 16.7 Å². The average molecular weight is 369 g/mol. The van der Waals surface area contributed by atoms with Crippen LogP contribution in [0.15, 0.2) is 42.5 Å². The Morgan fingerprint density at radius 3 is 2.50 bits per heavy atom. The third-order valence-electron chi connectivity index (χ3n) is 3.81. The first-order valence-electron chi connectivity index (χ1n) is 7.48. The second-order valence-electron chi connectivity index (χ2n) is 5.58. The van der Waals surface area contributed by atoms with Crippen LogP contribution < -0.4 is 5.32 Å². The summed E-state index contributed by atoms with van der Waals surface area (Å²) in [6.45, 7) is 1.24. The Morgan fingerprint density at radius 2 is 1.85 bits per heavy atom. The molecule has 0 radical (unpaired) electrons. The molecule has 1 aromatic heterocycles. The van der Waals surface area contributed by atoms with Crippen molar-refractivity contribution < 1.29 is 26.7 Å². The van der Waals surface area contributed by atoms with E-state index in [1.54, 1.807) is 0 Å². The van der Waals surface area contributed by atoms with Gasteiger partial charge in [0.05, 0.1) is 16.7 Å². The van der Waals surface area contributed by atoms with E-state index in [0.29, 0.717) is 6.07 Å². The quantitative estimate of drug-likeness (QED) is 0.690. The molecule has 0 aliphatic carbocycles. The topological polar surface area (TPSA) is 46.9 Å². The fourth-order valence-corrected chi connectivity index (χ4v) is 2.58. The summed E-state index contributed by atoms with van der Waals surface area (Å²) in [7, 11) is 0. The molecule has 0 fully saturated rings. The number of benzene rings is 2. The number of imidazole rings is 1. The van der Waals surface area contributed by atoms with Crippen molar-refractivity contribution in [2.24, 2.45) is 0 Å². The normalized spacial score (nSPS) is 13.0. The van der Waals surface area contributed by atoms with Crippen molar-refractivity contribution in [1.82, 2.24) is 9.55 Å². The van der Waals surface area contributed by atoms with Crippen LogP contribution in [0.5, 0.6) is 0 Å². The lowest BCUT2D eigenvalue weighted by atomic mass is 10.2. The molecule has 136 valence electrons. The highest BCUT2D eigenvalue weighted by molar-refractivity contribution is 5.94. The van der Waals surface area contributed by atoms with Gasteiger partial charge in [-0.1, -0.05) is 12.1 Å². The van der Waals surface area contributed by atoms with Gasteiger partial charge in [-0.15, -0.1) is 0 Å². The molecule has 26 heavy (non-hydrogen) atoms. The molecule has 1 heterocycles. The molecule has 0 bridgehead atoms. The van der Waals surface area contributed by atoms with Gasteiger partial charge in [0.15, 0.2) is 0 Å². The van der Waals surface area contributed by atoms with Gasteiger partial charge in [0, 0.05) is 6.07 Å². The predicted octanol–water partition coefficient (Wildman–Crippen LogP) is 4.53. The van der Waals surface area contributed by atoms with Crippen LogP contribution in [0.25, 0.3) is 11.0 Å². The van der Waals surface area contributed by atoms with Crippen LogP contribution in [0.1, 0.15) is 18.8 Å². The lowest BCUT2D eigenvalue weighted by molar-refractivity contribution is -0.148. The first kappa shape index (κ1) is 17.8. The fourth-order valence-electron chi connectivity index (χ4n) is 2.58. The van der Waals surface area contributed by atoms with E-state index in [1.165, 1.54) is 31.2 Å². The number of hydrogen-bond acceptors (Lipinski definition) is 2. The van der Waals surface area contributed by atoms with E-state index in [2.05, 4.69) is 10.3 Å². The van der Waals surface area contributed by atoms with Crippen LogP contribution in [0.3, 0.4) is 0 Å². The van der Waals surface area contributed by atoms with Crippen molar-refractivity contribution in [1.29, 1.82) is 0 Å². The van der Waals surface area contributed by atoms with Crippen molar-refractivity contribution in [2.45, 2.75) is 19.1 Å². The molecule has 1 atom stereocenters. The molecule has 1 N–H and O–H groups in total. The maximum Gasteiger partial charge on any atom is 0.449 e. The van der Waals surface area contributed by atoms with Gasteiger partial charge in [0.1, 0.15) is 17.7 Å². The second-order valence-corrected chi connectivity index (χ2v) is 5.58. The molecule has 3 rings (SSSR count). The summed E-state index contributed by atoms with van der Waals surface area (Å²) in [5, 5.41) is 2.17. The molecular formula is C17H12F5N3O. The van der Waals surface area contributed by atoms with Crippen molar-refractivity contribution >= 4 is 22.6 Å². The number of aromatic nitrogens is 2. The number of carbonyl (C=O) groups excluding carboxylic acids is 1. The number of nitrogens with one attached hydrogen (secondary N) is 1. The molecule has 1 amide bonds. The number of anilines is 1. The van der Waals surface area contributed by atoms with Gasteiger partial charge in [-0.2, -0.15) is 13.2 Å². The number of hydrogen-bond donors (Lipinski definition) is 1. The van der Waals surface area contributed by atoms with Crippen LogP contribution in [0.2, 0.25) is 0 Å². The summed E-state index contributed by atoms with van der Waals surface area (Å²) in [4.78, 5) is 15.9. The Morgan fingerprint density at radius 1 is 1.15 bits per heavy atom. The fraction of sp³-hybridized carbons (Fsp3) is 0.176. The number of nitrogens with zero attached hydrogens (tertiary/aromatic N) is 2. The molecule has 4 nitrogen and oxygen atoms in total. The van der Waals surface area contributed by atoms with E-state index in [-0.39, 0.29) is 16.7 Å². The maximum absolute atomic E-state index is 13.7. The smallest absolute Gasteiger partial charge is 0.322 e. The number of alkyl halides is 3. The van der Waals surface area contributed by atoms with E-state index in [4.69, 9.17) is 0 Å². The zero-order valence-corrected chi connectivity index (χ0v) is 13.3. The molecular weight excluding hydrogens is 357 g/mol. The van der Waals surface area contributed by atoms with E-state index < -0.39 is 35.6 Å². The Balaban J connectivity index is 2.01. The van der Waals surface area contributed by atoms with Gasteiger partial charge in [0.2, 0.25) is 11.7 Å². The summed E-state index contributed by atoms with van der Waals surface area (Å²) in [6, 6.07) is 6.98. The Bertz CT molecular complexity index is 980. The van der Waals surface area contributed by atoms with Crippen LogP contribution in [0, 0.1) is 11.6 Å². The highest BCUT2D eigenvalue weighted by Gasteiger charge is 2.39. The number of amides is 1. The molecule has 0 aliphatic rings. The largest absolute Gasteiger partial charge is 0.449 e. The lowest BCUT2D eigenvalue weighted by Crippen LogP contribution is -2.27. The molecule has 0 saturated heterocycles. The van der Waals surface area contributed by atoms with Gasteiger partial charge in [0.25, 0.3) is 0 Å². The monoisotopic (exact) mass is 369 g/mol. The SMILES string of the molecule is C[C@H](C(=O)Nc1ccc(F)cc1F)n1c(C(F)(F)F)nc2ccccc21. The Hall–Kier alpha value is -2.97. The van der Waals surface area contributed by atoms with Gasteiger partial charge < -0.3 is 9.88 Å². The minimum atomic E-state index is -4.78. The van der Waals surface area contributed by atoms with Crippen LogP contribution >= 0.6 is 0 Å². The standard InChI is InChI=1S/C17H12F5N3O/c1-9(15(26)23-12-7-6-10(18)8-11(12)19)25-14-5-3-2-4-13(14)24-16(25)17(20,21)22/h2-9H,1H3,(H,23,26)/t9-/m1/s1. The Kier molecular flexibility index (Phi) is 4.39. The van der Waals surface area contributed by atoms with Crippen LogP contribution in [0.4, 0.5) is 27.6 Å². The summed E-state index contributed by atoms with van der Waals surface area (Å²) >= 11 is 0. The third kappa shape index (κ3) is 3.24. The molecule has 0 aliphatic heterocycles. The molecule has 0 saturated carbocycles. The molecule has 2 aromatic carbocycles. The van der Waals surface area contributed by atoms with Gasteiger partial charge in [-0.25, -0.2) is 13.8 Å². The van der Waals surface area contributed by atoms with Crippen molar-refractivity contribution in [3.63, 3.8) is 0 Å². The van der Waals surface area contributed by atoms with Gasteiger partial charge >= 0.3 is 6.18 Å². The van der Waals surface area contributed by atoms with Crippen LogP contribution in [-0.4, -0.2) is 15.5 Å². The first-order chi connectivity index (χ1) is 12.2. The van der Waals surface area contributed by atoms with Crippen LogP contribution in [-0.2, 0) is 11.0 Å². The summed E-state index contributed by atoms with van der Waals surface area (Å²) < 4.78 is 67.3. The van der Waals surface area contributed by atoms with E-state index in [9.17, 15) is 26.7 Å². The number of rotatable bonds is 3. The average Bonchev–Trinajstić information content (AvgIpc) is 2.96. The highest BCUT2D eigenvalue weighted by Crippen LogP contribution is 2.34. The van der Waals surface area contributed by atoms with Crippen molar-refractivity contribution in [3.8, 4) is 0 Å². The molecule has 0 spiro atoms. The van der Waals surface area contributed by atoms with E-state index in [1.807, 2.05) is 0 Å². The zero-order valence-electron chi connectivity index (χ0n) is 13.3. The number of para-hydroxylation sites is 2. The third-order valence-corrected chi connectivity index (χ3v) is 3.81. The van der Waals surface area contributed by atoms with Crippen molar-refractivity contribution in [2.75, 3.05) is 5.32 Å². The second kappa shape index (κ2) is 6.40. The minimum Gasteiger partial charge on any atom is -0.322 e. The number of fused-ring (bicyclic) bond motifs is 1. The zero-order chi connectivity index (χ0) is 19.1. The minimum absolute atomic E-state index is 0.0763. The first-order valence-corrected chi connectivity index (χ1v) is 7.48. The summed E-state index contributed by atoms with van der Waals surface area (Å²) in [5.74, 6) is -4.00. The summed E-state index contributed by atoms with van der Waals surface area (Å²) in [5.41, 5.74) is -0.143. The van der Waals surface area contributed by atoms with E-state index >= 15 is 0 Å². The van der Waals surface area contributed by atoms with Crippen molar-refractivity contribution in [3.05, 3.63) is 59.9 Å². The highest BCUT2D eigenvalue weighted by atomic mass is 19.4. The van der Waals surface area contributed by atoms with Gasteiger partial charge in [-0.3, -0.25) is 4.79 Å². The molecule has 9 heteroatoms. The molecule has 0 unspecified atom stereocenters. The predicted molar refractivity (Wildman–Crippen MR) is 84.4 cm³/mol. The molecule has 3 aromatic rings. The maximum atomic E-state index is 13.7.